The summed E-state index contributed by atoms with van der Waals surface area (Å²) in [5, 5.41) is 15.1. The van der Waals surface area contributed by atoms with Crippen LogP contribution in [0.25, 0.3) is 0 Å². The standard InChI is InChI=1S/C14H12ClN3O3/c1-21-13-5-2-11(3-6-13)17-16-9-10-8-12(18(19)20)4-7-14(10)15/h2-9,17H,1H3. The topological polar surface area (TPSA) is 76.8 Å². The molecule has 2 aromatic carbocycles. The van der Waals surface area contributed by atoms with Crippen molar-refractivity contribution >= 4 is 29.2 Å². The number of methoxy groups -OCH3 is 1. The fraction of sp³-hybridized carbons (Fsp3) is 0.0714. The Balaban J connectivity index is 2.09. The summed E-state index contributed by atoms with van der Waals surface area (Å²) in [7, 11) is 1.59. The van der Waals surface area contributed by atoms with E-state index in [1.807, 2.05) is 0 Å². The number of non-ortho nitro benzene ring substituents is 1. The quantitative estimate of drug-likeness (QED) is 0.519. The predicted octanol–water partition coefficient (Wildman–Crippen LogP) is 3.70. The van der Waals surface area contributed by atoms with Crippen LogP contribution >= 0.6 is 11.6 Å². The van der Waals surface area contributed by atoms with Gasteiger partial charge in [-0.15, -0.1) is 0 Å². The molecule has 21 heavy (non-hydrogen) atoms. The number of hydrazone groups is 1. The van der Waals surface area contributed by atoms with Gasteiger partial charge in [-0.25, -0.2) is 0 Å². The largest absolute Gasteiger partial charge is 0.497 e. The molecule has 0 radical (unpaired) electrons. The Kier molecular flexibility index (Phi) is 4.73. The Bertz CT molecular complexity index is 672. The van der Waals surface area contributed by atoms with E-state index in [1.165, 1.54) is 24.4 Å². The highest BCUT2D eigenvalue weighted by molar-refractivity contribution is 6.33. The van der Waals surface area contributed by atoms with Crippen molar-refractivity contribution in [3.05, 3.63) is 63.2 Å². The van der Waals surface area contributed by atoms with Gasteiger partial charge in [0.05, 0.1) is 23.9 Å². The highest BCUT2D eigenvalue weighted by Gasteiger charge is 2.08. The van der Waals surface area contributed by atoms with Crippen molar-refractivity contribution in [2.75, 3.05) is 12.5 Å². The van der Waals surface area contributed by atoms with E-state index < -0.39 is 4.92 Å². The van der Waals surface area contributed by atoms with E-state index in [2.05, 4.69) is 10.5 Å². The SMILES string of the molecule is COc1ccc(NN=Cc2cc([N+](=O)[O-])ccc2Cl)cc1. The van der Waals surface area contributed by atoms with Gasteiger partial charge in [-0.3, -0.25) is 15.5 Å². The molecule has 0 saturated heterocycles. The van der Waals surface area contributed by atoms with E-state index in [0.29, 0.717) is 10.6 Å². The molecule has 0 unspecified atom stereocenters. The maximum absolute atomic E-state index is 10.7. The van der Waals surface area contributed by atoms with Gasteiger partial charge < -0.3 is 4.74 Å². The molecule has 0 saturated carbocycles. The first-order valence-electron chi connectivity index (χ1n) is 5.97. The lowest BCUT2D eigenvalue weighted by molar-refractivity contribution is -0.384. The van der Waals surface area contributed by atoms with Gasteiger partial charge in [-0.2, -0.15) is 5.10 Å². The molecule has 0 aliphatic heterocycles. The van der Waals surface area contributed by atoms with E-state index in [1.54, 1.807) is 31.4 Å². The zero-order chi connectivity index (χ0) is 15.2. The van der Waals surface area contributed by atoms with E-state index >= 15 is 0 Å². The van der Waals surface area contributed by atoms with Gasteiger partial charge in [0, 0.05) is 22.7 Å². The zero-order valence-corrected chi connectivity index (χ0v) is 11.9. The first kappa shape index (κ1) is 14.8. The number of benzene rings is 2. The van der Waals surface area contributed by atoms with Crippen LogP contribution < -0.4 is 10.2 Å². The van der Waals surface area contributed by atoms with Crippen LogP contribution in [0.2, 0.25) is 5.02 Å². The molecule has 0 bridgehead atoms. The average molecular weight is 306 g/mol. The summed E-state index contributed by atoms with van der Waals surface area (Å²) in [6.07, 6.45) is 1.43. The summed E-state index contributed by atoms with van der Waals surface area (Å²) >= 11 is 5.96. The van der Waals surface area contributed by atoms with E-state index in [9.17, 15) is 10.1 Å². The number of nitro groups is 1. The first-order chi connectivity index (χ1) is 10.1. The first-order valence-corrected chi connectivity index (χ1v) is 6.35. The second kappa shape index (κ2) is 6.71. The molecule has 0 spiro atoms. The lowest BCUT2D eigenvalue weighted by Crippen LogP contribution is -1.94. The fourth-order valence-corrected chi connectivity index (χ4v) is 1.75. The third kappa shape index (κ3) is 3.93. The van der Waals surface area contributed by atoms with Crippen molar-refractivity contribution < 1.29 is 9.66 Å². The van der Waals surface area contributed by atoms with Gasteiger partial charge in [-0.1, -0.05) is 11.6 Å². The van der Waals surface area contributed by atoms with Crippen LogP contribution in [0, 0.1) is 10.1 Å². The van der Waals surface area contributed by atoms with E-state index in [0.717, 1.165) is 11.4 Å². The molecule has 0 aliphatic rings. The average Bonchev–Trinajstić information content (AvgIpc) is 2.49. The minimum Gasteiger partial charge on any atom is -0.497 e. The molecule has 0 atom stereocenters. The maximum atomic E-state index is 10.7. The third-order valence-electron chi connectivity index (χ3n) is 2.68. The van der Waals surface area contributed by atoms with Crippen LogP contribution in [0.4, 0.5) is 11.4 Å². The van der Waals surface area contributed by atoms with Crippen molar-refractivity contribution in [1.29, 1.82) is 0 Å². The smallest absolute Gasteiger partial charge is 0.270 e. The molecule has 6 nitrogen and oxygen atoms in total. The van der Waals surface area contributed by atoms with Crippen molar-refractivity contribution in [2.45, 2.75) is 0 Å². The van der Waals surface area contributed by atoms with Crippen molar-refractivity contribution in [1.82, 2.24) is 0 Å². The molecule has 0 amide bonds. The Morgan fingerprint density at radius 3 is 2.62 bits per heavy atom. The number of ether oxygens (including phenoxy) is 1. The van der Waals surface area contributed by atoms with Crippen LogP contribution in [0.3, 0.4) is 0 Å². The molecule has 108 valence electrons. The predicted molar refractivity (Wildman–Crippen MR) is 82.3 cm³/mol. The van der Waals surface area contributed by atoms with Crippen LogP contribution in [-0.2, 0) is 0 Å². The third-order valence-corrected chi connectivity index (χ3v) is 3.02. The number of nitrogens with one attached hydrogen (secondary N) is 1. The van der Waals surface area contributed by atoms with Gasteiger partial charge in [0.25, 0.3) is 5.69 Å². The summed E-state index contributed by atoms with van der Waals surface area (Å²) in [5.41, 5.74) is 3.99. The molecule has 0 fully saturated rings. The number of halogens is 1. The van der Waals surface area contributed by atoms with Crippen LogP contribution in [0.15, 0.2) is 47.6 Å². The van der Waals surface area contributed by atoms with Crippen molar-refractivity contribution in [3.63, 3.8) is 0 Å². The molecule has 0 heterocycles. The lowest BCUT2D eigenvalue weighted by atomic mass is 10.2. The maximum Gasteiger partial charge on any atom is 0.270 e. The van der Waals surface area contributed by atoms with E-state index in [-0.39, 0.29) is 5.69 Å². The monoisotopic (exact) mass is 305 g/mol. The Morgan fingerprint density at radius 1 is 1.29 bits per heavy atom. The highest BCUT2D eigenvalue weighted by atomic mass is 35.5. The Morgan fingerprint density at radius 2 is 2.00 bits per heavy atom. The van der Waals surface area contributed by atoms with Crippen LogP contribution in [-0.4, -0.2) is 18.2 Å². The molecule has 2 aromatic rings. The Labute approximate surface area is 126 Å². The zero-order valence-electron chi connectivity index (χ0n) is 11.1. The number of rotatable bonds is 5. The number of anilines is 1. The van der Waals surface area contributed by atoms with E-state index in [4.69, 9.17) is 16.3 Å². The molecule has 0 aromatic heterocycles. The van der Waals surface area contributed by atoms with Crippen LogP contribution in [0.5, 0.6) is 5.75 Å². The second-order valence-electron chi connectivity index (χ2n) is 4.06. The fourth-order valence-electron chi connectivity index (χ4n) is 1.59. The van der Waals surface area contributed by atoms with Crippen molar-refractivity contribution in [3.8, 4) is 5.75 Å². The lowest BCUT2D eigenvalue weighted by Gasteiger charge is -2.02. The van der Waals surface area contributed by atoms with Gasteiger partial charge in [0.2, 0.25) is 0 Å². The minimum absolute atomic E-state index is 0.0368. The molecule has 0 aliphatic carbocycles. The summed E-state index contributed by atoms with van der Waals surface area (Å²) < 4.78 is 5.05. The Hall–Kier alpha value is -2.60. The molecular weight excluding hydrogens is 294 g/mol. The number of hydrogen-bond donors (Lipinski definition) is 1. The summed E-state index contributed by atoms with van der Waals surface area (Å²) in [6.45, 7) is 0. The molecule has 2 rings (SSSR count). The van der Waals surface area contributed by atoms with Crippen LogP contribution in [0.1, 0.15) is 5.56 Å². The minimum atomic E-state index is -0.482. The summed E-state index contributed by atoms with van der Waals surface area (Å²) in [5.74, 6) is 0.742. The second-order valence-corrected chi connectivity index (χ2v) is 4.47. The molecule has 1 N–H and O–H groups in total. The number of nitrogens with zero attached hydrogens (tertiary/aromatic N) is 2. The van der Waals surface area contributed by atoms with Gasteiger partial charge in [0.1, 0.15) is 5.75 Å². The van der Waals surface area contributed by atoms with Gasteiger partial charge >= 0.3 is 0 Å². The summed E-state index contributed by atoms with van der Waals surface area (Å²) in [6, 6.07) is 11.3. The number of hydrogen-bond acceptors (Lipinski definition) is 5. The van der Waals surface area contributed by atoms with Gasteiger partial charge in [0.15, 0.2) is 0 Å². The van der Waals surface area contributed by atoms with Gasteiger partial charge in [-0.05, 0) is 30.3 Å². The summed E-state index contributed by atoms with van der Waals surface area (Å²) in [4.78, 5) is 10.2. The highest BCUT2D eigenvalue weighted by Crippen LogP contribution is 2.20. The normalized spacial score (nSPS) is 10.6. The molecular formula is C14H12ClN3O3. The van der Waals surface area contributed by atoms with Crippen molar-refractivity contribution in [2.24, 2.45) is 5.10 Å². The molecule has 7 heteroatoms. The number of nitro benzene ring substituents is 1.